The lowest BCUT2D eigenvalue weighted by molar-refractivity contribution is 0.781. The quantitative estimate of drug-likeness (QED) is 0.674. The van der Waals surface area contributed by atoms with Crippen LogP contribution in [0.4, 0.5) is 0 Å². The Morgan fingerprint density at radius 2 is 2.06 bits per heavy atom. The fraction of sp³-hybridized carbons (Fsp3) is 0.143. The lowest BCUT2D eigenvalue weighted by Crippen LogP contribution is -2.12. The molecule has 17 heavy (non-hydrogen) atoms. The highest BCUT2D eigenvalue weighted by molar-refractivity contribution is 9.10. The van der Waals surface area contributed by atoms with Crippen molar-refractivity contribution >= 4 is 27.3 Å². The normalized spacial score (nSPS) is 9.71. The van der Waals surface area contributed by atoms with Gasteiger partial charge in [0.15, 0.2) is 0 Å². The van der Waals surface area contributed by atoms with E-state index in [2.05, 4.69) is 44.5 Å². The summed E-state index contributed by atoms with van der Waals surface area (Å²) in [6.07, 6.45) is 0. The Hall–Kier alpha value is -1.08. The van der Waals surface area contributed by atoms with E-state index in [0.717, 1.165) is 16.6 Å². The third-order valence-corrected chi connectivity index (χ3v) is 3.84. The first-order valence-corrected chi connectivity index (χ1v) is 6.99. The molecule has 1 aromatic carbocycles. The van der Waals surface area contributed by atoms with E-state index in [0.29, 0.717) is 6.54 Å². The molecule has 0 fully saturated rings. The first-order chi connectivity index (χ1) is 8.34. The molecule has 1 heterocycles. The average molecular weight is 306 g/mol. The summed E-state index contributed by atoms with van der Waals surface area (Å²) in [5.41, 5.74) is 1.06. The van der Waals surface area contributed by atoms with Gasteiger partial charge in [-0.2, -0.15) is 0 Å². The van der Waals surface area contributed by atoms with Crippen molar-refractivity contribution in [1.29, 1.82) is 0 Å². The minimum absolute atomic E-state index is 0.713. The Morgan fingerprint density at radius 3 is 2.76 bits per heavy atom. The highest BCUT2D eigenvalue weighted by atomic mass is 79.9. The monoisotopic (exact) mass is 305 g/mol. The second kappa shape index (κ2) is 6.61. The zero-order valence-electron chi connectivity index (χ0n) is 9.24. The molecule has 0 bridgehead atoms. The summed E-state index contributed by atoms with van der Waals surface area (Å²) in [4.78, 5) is 1.32. The summed E-state index contributed by atoms with van der Waals surface area (Å²) in [7, 11) is 0. The molecule has 0 radical (unpaired) electrons. The van der Waals surface area contributed by atoms with Crippen molar-refractivity contribution in [3.8, 4) is 11.8 Å². The smallest absolute Gasteiger partial charge is 0.0583 e. The third kappa shape index (κ3) is 4.35. The van der Waals surface area contributed by atoms with Gasteiger partial charge >= 0.3 is 0 Å². The predicted molar refractivity (Wildman–Crippen MR) is 77.0 cm³/mol. The van der Waals surface area contributed by atoms with Crippen LogP contribution < -0.4 is 5.32 Å². The van der Waals surface area contributed by atoms with Gasteiger partial charge in [0, 0.05) is 26.8 Å². The van der Waals surface area contributed by atoms with E-state index in [-0.39, 0.29) is 0 Å². The number of rotatable bonds is 3. The van der Waals surface area contributed by atoms with Crippen molar-refractivity contribution < 1.29 is 0 Å². The lowest BCUT2D eigenvalue weighted by atomic mass is 10.2. The highest BCUT2D eigenvalue weighted by Crippen LogP contribution is 2.19. The molecule has 0 spiro atoms. The molecule has 0 atom stereocenters. The molecule has 0 amide bonds. The molecular formula is C14H12BrNS. The molecule has 2 rings (SSSR count). The van der Waals surface area contributed by atoms with E-state index in [4.69, 9.17) is 0 Å². The van der Waals surface area contributed by atoms with Crippen molar-refractivity contribution in [2.75, 3.05) is 6.54 Å². The largest absolute Gasteiger partial charge is 0.301 e. The summed E-state index contributed by atoms with van der Waals surface area (Å²) >= 11 is 5.19. The number of nitrogens with one attached hydrogen (secondary N) is 1. The van der Waals surface area contributed by atoms with Crippen LogP contribution >= 0.6 is 27.3 Å². The van der Waals surface area contributed by atoms with Crippen molar-refractivity contribution in [2.24, 2.45) is 0 Å². The van der Waals surface area contributed by atoms with Crippen LogP contribution in [0.3, 0.4) is 0 Å². The summed E-state index contributed by atoms with van der Waals surface area (Å²) in [5.74, 6) is 6.23. The summed E-state index contributed by atoms with van der Waals surface area (Å²) in [6, 6.07) is 12.2. The first kappa shape index (κ1) is 12.4. The Bertz CT molecular complexity index is 522. The molecule has 0 saturated carbocycles. The Balaban J connectivity index is 1.75. The van der Waals surface area contributed by atoms with Crippen LogP contribution in [0.2, 0.25) is 0 Å². The average Bonchev–Trinajstić information content (AvgIpc) is 2.76. The number of hydrogen-bond acceptors (Lipinski definition) is 2. The molecule has 0 aliphatic heterocycles. The molecule has 0 aliphatic rings. The third-order valence-electron chi connectivity index (χ3n) is 2.14. The summed E-state index contributed by atoms with van der Waals surface area (Å²) in [6.45, 7) is 1.59. The topological polar surface area (TPSA) is 12.0 Å². The Kier molecular flexibility index (Phi) is 4.81. The van der Waals surface area contributed by atoms with Gasteiger partial charge in [-0.3, -0.25) is 0 Å². The van der Waals surface area contributed by atoms with Gasteiger partial charge in [-0.15, -0.1) is 11.3 Å². The zero-order valence-corrected chi connectivity index (χ0v) is 11.6. The maximum absolute atomic E-state index is 3.44. The van der Waals surface area contributed by atoms with Gasteiger partial charge in [-0.1, -0.05) is 30.0 Å². The van der Waals surface area contributed by atoms with E-state index < -0.39 is 0 Å². The molecule has 1 aromatic heterocycles. The van der Waals surface area contributed by atoms with Crippen LogP contribution in [0.25, 0.3) is 0 Å². The van der Waals surface area contributed by atoms with Gasteiger partial charge in [0.1, 0.15) is 0 Å². The molecule has 2 aromatic rings. The van der Waals surface area contributed by atoms with Gasteiger partial charge in [0.2, 0.25) is 0 Å². The van der Waals surface area contributed by atoms with Gasteiger partial charge < -0.3 is 5.32 Å². The molecule has 0 unspecified atom stereocenters. The van der Waals surface area contributed by atoms with Crippen LogP contribution in [0.1, 0.15) is 10.4 Å². The van der Waals surface area contributed by atoms with Crippen LogP contribution in [-0.2, 0) is 6.54 Å². The molecule has 1 N–H and O–H groups in total. The predicted octanol–water partition coefficient (Wildman–Crippen LogP) is 3.65. The second-order valence-electron chi connectivity index (χ2n) is 3.50. The van der Waals surface area contributed by atoms with Crippen LogP contribution in [0, 0.1) is 11.8 Å². The Labute approximate surface area is 114 Å². The van der Waals surface area contributed by atoms with Crippen molar-refractivity contribution in [2.45, 2.75) is 6.54 Å². The molecule has 0 saturated heterocycles. The van der Waals surface area contributed by atoms with Crippen molar-refractivity contribution in [3.05, 3.63) is 56.7 Å². The fourth-order valence-corrected chi connectivity index (χ4v) is 2.78. The van der Waals surface area contributed by atoms with E-state index in [1.807, 2.05) is 30.3 Å². The lowest BCUT2D eigenvalue weighted by Gasteiger charge is -1.95. The second-order valence-corrected chi connectivity index (χ2v) is 5.41. The molecule has 0 aliphatic carbocycles. The summed E-state index contributed by atoms with van der Waals surface area (Å²) in [5, 5.41) is 5.39. The van der Waals surface area contributed by atoms with E-state index >= 15 is 0 Å². The Morgan fingerprint density at radius 1 is 1.24 bits per heavy atom. The van der Waals surface area contributed by atoms with E-state index in [1.165, 1.54) is 4.88 Å². The molecule has 3 heteroatoms. The highest BCUT2D eigenvalue weighted by Gasteiger charge is 1.95. The van der Waals surface area contributed by atoms with Gasteiger partial charge in [-0.25, -0.2) is 0 Å². The number of thiophene rings is 1. The van der Waals surface area contributed by atoms with Crippen LogP contribution in [0.5, 0.6) is 0 Å². The summed E-state index contributed by atoms with van der Waals surface area (Å²) < 4.78 is 1.15. The standard InChI is InChI=1S/C14H12BrNS/c15-13-9-14(17-11-13)10-16-8-4-7-12-5-2-1-3-6-12/h1-3,5-6,9,11,16H,8,10H2. The fourth-order valence-electron chi connectivity index (χ4n) is 1.36. The first-order valence-electron chi connectivity index (χ1n) is 5.32. The van der Waals surface area contributed by atoms with Crippen LogP contribution in [0.15, 0.2) is 46.3 Å². The van der Waals surface area contributed by atoms with E-state index in [1.54, 1.807) is 11.3 Å². The van der Waals surface area contributed by atoms with Gasteiger partial charge in [-0.05, 0) is 34.1 Å². The molecular weight excluding hydrogens is 294 g/mol. The van der Waals surface area contributed by atoms with Crippen molar-refractivity contribution in [1.82, 2.24) is 5.32 Å². The minimum Gasteiger partial charge on any atom is -0.301 e. The van der Waals surface area contributed by atoms with E-state index in [9.17, 15) is 0 Å². The van der Waals surface area contributed by atoms with Crippen molar-refractivity contribution in [3.63, 3.8) is 0 Å². The molecule has 86 valence electrons. The van der Waals surface area contributed by atoms with Gasteiger partial charge in [0.25, 0.3) is 0 Å². The van der Waals surface area contributed by atoms with Crippen LogP contribution in [-0.4, -0.2) is 6.54 Å². The number of benzene rings is 1. The molecule has 1 nitrogen and oxygen atoms in total. The minimum atomic E-state index is 0.713. The number of hydrogen-bond donors (Lipinski definition) is 1. The SMILES string of the molecule is Brc1csc(CNCC#Cc2ccccc2)c1. The maximum atomic E-state index is 3.44. The number of halogens is 1. The zero-order chi connectivity index (χ0) is 11.9. The van der Waals surface area contributed by atoms with Gasteiger partial charge in [0.05, 0.1) is 6.54 Å². The maximum Gasteiger partial charge on any atom is 0.0583 e.